The van der Waals surface area contributed by atoms with Gasteiger partial charge >= 0.3 is 0 Å². The third-order valence-electron chi connectivity index (χ3n) is 3.20. The smallest absolute Gasteiger partial charge is 0.137 e. The average Bonchev–Trinajstić information content (AvgIpc) is 2.76. The van der Waals surface area contributed by atoms with Gasteiger partial charge in [0.15, 0.2) is 0 Å². The lowest BCUT2D eigenvalue weighted by atomic mass is 10.1. The first-order chi connectivity index (χ1) is 8.39. The molecule has 0 aromatic heterocycles. The number of hydrogen-bond acceptors (Lipinski definition) is 2. The molecule has 1 unspecified atom stereocenters. The highest BCUT2D eigenvalue weighted by molar-refractivity contribution is 7.90. The van der Waals surface area contributed by atoms with E-state index in [2.05, 4.69) is 4.31 Å². The van der Waals surface area contributed by atoms with Crippen molar-refractivity contribution in [3.05, 3.63) is 34.9 Å². The Labute approximate surface area is 118 Å². The molecule has 0 N–H and O–H groups in total. The van der Waals surface area contributed by atoms with E-state index in [4.69, 9.17) is 11.6 Å². The Morgan fingerprint density at radius 2 is 1.89 bits per heavy atom. The Balaban J connectivity index is 2.20. The highest BCUT2D eigenvalue weighted by Crippen LogP contribution is 2.37. The zero-order chi connectivity index (χ0) is 13.3. The first-order valence-electron chi connectivity index (χ1n) is 6.34. The minimum Gasteiger partial charge on any atom is -0.597 e. The van der Waals surface area contributed by atoms with Crippen molar-refractivity contribution in [1.29, 1.82) is 0 Å². The SMILES string of the molecule is CC(C)(C)[S@+]([O-])N1CCCC1c1ccc(Cl)cc1. The van der Waals surface area contributed by atoms with Crippen LogP contribution < -0.4 is 0 Å². The maximum absolute atomic E-state index is 12.5. The van der Waals surface area contributed by atoms with Gasteiger partial charge in [-0.3, -0.25) is 0 Å². The molecule has 2 nitrogen and oxygen atoms in total. The summed E-state index contributed by atoms with van der Waals surface area (Å²) in [6, 6.07) is 8.18. The van der Waals surface area contributed by atoms with Gasteiger partial charge in [-0.05, 0) is 51.3 Å². The fourth-order valence-corrected chi connectivity index (χ4v) is 3.89. The van der Waals surface area contributed by atoms with E-state index in [0.29, 0.717) is 0 Å². The largest absolute Gasteiger partial charge is 0.597 e. The molecule has 4 heteroatoms. The zero-order valence-corrected chi connectivity index (χ0v) is 12.7. The fourth-order valence-electron chi connectivity index (χ4n) is 2.31. The van der Waals surface area contributed by atoms with Crippen LogP contribution in [0.4, 0.5) is 0 Å². The maximum Gasteiger partial charge on any atom is 0.137 e. The van der Waals surface area contributed by atoms with Crippen LogP contribution in [0.5, 0.6) is 0 Å². The lowest BCUT2D eigenvalue weighted by Crippen LogP contribution is -2.42. The van der Waals surface area contributed by atoms with Crippen molar-refractivity contribution in [2.75, 3.05) is 6.54 Å². The molecule has 100 valence electrons. The van der Waals surface area contributed by atoms with Gasteiger partial charge in [0.25, 0.3) is 0 Å². The van der Waals surface area contributed by atoms with E-state index in [1.807, 2.05) is 45.0 Å². The van der Waals surface area contributed by atoms with Gasteiger partial charge in [-0.15, -0.1) is 4.31 Å². The van der Waals surface area contributed by atoms with Crippen LogP contribution in [0.1, 0.15) is 45.2 Å². The standard InChI is InChI=1S/C14H20ClNOS/c1-14(2,3)18(17)16-10-4-5-13(16)11-6-8-12(15)9-7-11/h6-9,13H,4-5,10H2,1-3H3/t13?,18-/m0/s1. The van der Waals surface area contributed by atoms with Crippen LogP contribution in [-0.2, 0) is 11.4 Å². The van der Waals surface area contributed by atoms with E-state index in [-0.39, 0.29) is 10.8 Å². The summed E-state index contributed by atoms with van der Waals surface area (Å²) in [7, 11) is 0. The second kappa shape index (κ2) is 5.41. The van der Waals surface area contributed by atoms with Crippen molar-refractivity contribution in [3.8, 4) is 0 Å². The molecule has 1 aromatic carbocycles. The summed E-state index contributed by atoms with van der Waals surface area (Å²) < 4.78 is 14.5. The van der Waals surface area contributed by atoms with Gasteiger partial charge in [-0.1, -0.05) is 23.7 Å². The van der Waals surface area contributed by atoms with Crippen LogP contribution in [0.2, 0.25) is 5.02 Å². The predicted octanol–water partition coefficient (Wildman–Crippen LogP) is 3.94. The molecular weight excluding hydrogens is 266 g/mol. The second-order valence-electron chi connectivity index (χ2n) is 5.71. The Morgan fingerprint density at radius 1 is 1.28 bits per heavy atom. The van der Waals surface area contributed by atoms with Crippen LogP contribution in [-0.4, -0.2) is 20.1 Å². The topological polar surface area (TPSA) is 26.3 Å². The van der Waals surface area contributed by atoms with E-state index >= 15 is 0 Å². The predicted molar refractivity (Wildman–Crippen MR) is 78.0 cm³/mol. The van der Waals surface area contributed by atoms with E-state index in [9.17, 15) is 4.55 Å². The number of rotatable bonds is 2. The minimum atomic E-state index is -0.948. The van der Waals surface area contributed by atoms with Gasteiger partial charge in [0.2, 0.25) is 0 Å². The van der Waals surface area contributed by atoms with Crippen LogP contribution in [0.25, 0.3) is 0 Å². The maximum atomic E-state index is 12.5. The molecule has 0 spiro atoms. The molecule has 18 heavy (non-hydrogen) atoms. The summed E-state index contributed by atoms with van der Waals surface area (Å²) in [5.41, 5.74) is 1.22. The summed E-state index contributed by atoms with van der Waals surface area (Å²) in [5, 5.41) is 0.750. The molecule has 2 atom stereocenters. The summed E-state index contributed by atoms with van der Waals surface area (Å²) >= 11 is 4.97. The first kappa shape index (κ1) is 14.2. The molecule has 1 fully saturated rings. The lowest BCUT2D eigenvalue weighted by Gasteiger charge is -2.33. The molecule has 0 aliphatic carbocycles. The highest BCUT2D eigenvalue weighted by atomic mass is 35.5. The number of benzene rings is 1. The van der Waals surface area contributed by atoms with Crippen molar-refractivity contribution in [3.63, 3.8) is 0 Å². The molecule has 1 aromatic rings. The van der Waals surface area contributed by atoms with E-state index in [1.54, 1.807) is 0 Å². The lowest BCUT2D eigenvalue weighted by molar-refractivity contribution is 0.381. The number of nitrogens with zero attached hydrogens (tertiary/aromatic N) is 1. The first-order valence-corrected chi connectivity index (χ1v) is 7.82. The second-order valence-corrected chi connectivity index (χ2v) is 8.34. The summed E-state index contributed by atoms with van der Waals surface area (Å²) in [4.78, 5) is 0. The van der Waals surface area contributed by atoms with Gasteiger partial charge < -0.3 is 4.55 Å². The molecule has 2 rings (SSSR count). The monoisotopic (exact) mass is 285 g/mol. The molecular formula is C14H20ClNOS. The third-order valence-corrected chi connectivity index (χ3v) is 5.36. The molecule has 0 radical (unpaired) electrons. The van der Waals surface area contributed by atoms with E-state index < -0.39 is 11.4 Å². The van der Waals surface area contributed by atoms with Gasteiger partial charge in [-0.25, -0.2) is 0 Å². The van der Waals surface area contributed by atoms with Crippen molar-refractivity contribution in [2.45, 2.75) is 44.4 Å². The Morgan fingerprint density at radius 3 is 2.44 bits per heavy atom. The van der Waals surface area contributed by atoms with E-state index in [0.717, 1.165) is 24.4 Å². The van der Waals surface area contributed by atoms with Crippen molar-refractivity contribution in [1.82, 2.24) is 4.31 Å². The van der Waals surface area contributed by atoms with Gasteiger partial charge in [-0.2, -0.15) is 0 Å². The number of hydrogen-bond donors (Lipinski definition) is 0. The molecule has 1 aliphatic heterocycles. The Hall–Kier alpha value is -0.220. The summed E-state index contributed by atoms with van der Waals surface area (Å²) in [6.07, 6.45) is 2.18. The van der Waals surface area contributed by atoms with Crippen LogP contribution >= 0.6 is 11.6 Å². The van der Waals surface area contributed by atoms with Crippen molar-refractivity contribution in [2.24, 2.45) is 0 Å². The van der Waals surface area contributed by atoms with Crippen LogP contribution in [0, 0.1) is 0 Å². The fraction of sp³-hybridized carbons (Fsp3) is 0.571. The normalized spacial score (nSPS) is 23.3. The van der Waals surface area contributed by atoms with Gasteiger partial charge in [0.05, 0.1) is 6.04 Å². The molecule has 1 heterocycles. The van der Waals surface area contributed by atoms with Gasteiger partial charge in [0, 0.05) is 22.9 Å². The van der Waals surface area contributed by atoms with Crippen molar-refractivity contribution < 1.29 is 4.55 Å². The molecule has 0 saturated carbocycles. The minimum absolute atomic E-state index is 0.199. The average molecular weight is 286 g/mol. The Bertz CT molecular complexity index is 401. The highest BCUT2D eigenvalue weighted by Gasteiger charge is 2.40. The number of halogens is 1. The van der Waals surface area contributed by atoms with Gasteiger partial charge in [0.1, 0.15) is 4.75 Å². The van der Waals surface area contributed by atoms with E-state index in [1.165, 1.54) is 5.56 Å². The van der Waals surface area contributed by atoms with Crippen LogP contribution in [0.15, 0.2) is 24.3 Å². The molecule has 1 aliphatic rings. The molecule has 0 bridgehead atoms. The zero-order valence-electron chi connectivity index (χ0n) is 11.1. The third kappa shape index (κ3) is 3.02. The van der Waals surface area contributed by atoms with Crippen molar-refractivity contribution >= 4 is 23.0 Å². The quantitative estimate of drug-likeness (QED) is 0.770. The van der Waals surface area contributed by atoms with Crippen LogP contribution in [0.3, 0.4) is 0 Å². The molecule has 0 amide bonds. The Kier molecular flexibility index (Phi) is 4.27. The summed E-state index contributed by atoms with van der Waals surface area (Å²) in [5.74, 6) is 0. The molecule has 1 saturated heterocycles. The summed E-state index contributed by atoms with van der Waals surface area (Å²) in [6.45, 7) is 7.00.